The number of aromatic nitrogens is 2. The maximum absolute atomic E-state index is 12.5. The van der Waals surface area contributed by atoms with Crippen LogP contribution in [0.4, 0.5) is 0 Å². The van der Waals surface area contributed by atoms with Gasteiger partial charge in [0.05, 0.1) is 58.6 Å². The molecule has 1 aliphatic carbocycles. The van der Waals surface area contributed by atoms with Crippen molar-refractivity contribution in [3.05, 3.63) is 18.2 Å². The van der Waals surface area contributed by atoms with Gasteiger partial charge in [0.15, 0.2) is 0 Å². The molecule has 6 amide bonds. The molecule has 0 spiro atoms. The number of nitrogens with one attached hydrogen (secondary N) is 7. The molecule has 1 aromatic rings. The fraction of sp³-hybridized carbons (Fsp3) is 0.800. The van der Waals surface area contributed by atoms with Crippen molar-refractivity contribution >= 4 is 53.2 Å². The number of carboxylic acid groups (broad SMARTS) is 2. The van der Waals surface area contributed by atoms with Crippen molar-refractivity contribution in [3.8, 4) is 0 Å². The van der Waals surface area contributed by atoms with Crippen molar-refractivity contribution in [2.24, 2.45) is 17.6 Å². The molecular weight excluding hydrogens is 1090 g/mol. The third kappa shape index (κ3) is 46.8. The number of aryl methyl sites for hydroxylation is 1. The third-order valence-electron chi connectivity index (χ3n) is 14.3. The Bertz CT molecular complexity index is 1920. The van der Waals surface area contributed by atoms with Crippen LogP contribution in [0.1, 0.15) is 199 Å². The second-order valence-corrected chi connectivity index (χ2v) is 21.7. The minimum Gasteiger partial charge on any atom is -0.481 e. The lowest BCUT2D eigenvalue weighted by Crippen LogP contribution is -2.44. The van der Waals surface area contributed by atoms with Gasteiger partial charge in [0.2, 0.25) is 35.4 Å². The number of aromatic amines is 1. The zero-order chi connectivity index (χ0) is 61.7. The van der Waals surface area contributed by atoms with Crippen LogP contribution < -0.4 is 37.6 Å². The Morgan fingerprint density at radius 2 is 1.12 bits per heavy atom. The number of ketones is 1. The second-order valence-electron chi connectivity index (χ2n) is 21.7. The minimum atomic E-state index is -0.967. The van der Waals surface area contributed by atoms with E-state index in [9.17, 15) is 48.3 Å². The largest absolute Gasteiger partial charge is 0.481 e. The highest BCUT2D eigenvalue weighted by Crippen LogP contribution is 2.29. The van der Waals surface area contributed by atoms with Crippen LogP contribution in [0.3, 0.4) is 0 Å². The predicted molar refractivity (Wildman–Crippen MR) is 318 cm³/mol. The summed E-state index contributed by atoms with van der Waals surface area (Å²) in [5.41, 5.74) is 6.32. The number of imidazole rings is 1. The first-order valence-corrected chi connectivity index (χ1v) is 31.2. The number of carbonyl (C=O) groups excluding carboxylic acids is 7. The molecule has 84 heavy (non-hydrogen) atoms. The Kier molecular flexibility index (Phi) is 48.2. The van der Waals surface area contributed by atoms with Crippen LogP contribution in [0.15, 0.2) is 12.5 Å². The fourth-order valence-electron chi connectivity index (χ4n) is 9.35. The van der Waals surface area contributed by atoms with Gasteiger partial charge in [0, 0.05) is 70.2 Å². The number of hydrogen-bond donors (Lipinski definition) is 10. The third-order valence-corrected chi connectivity index (χ3v) is 14.3. The zero-order valence-corrected chi connectivity index (χ0v) is 50.9. The summed E-state index contributed by atoms with van der Waals surface area (Å²) in [7, 11) is 0. The quantitative estimate of drug-likeness (QED) is 0.0368. The molecule has 1 fully saturated rings. The first-order chi connectivity index (χ1) is 40.6. The zero-order valence-electron chi connectivity index (χ0n) is 50.9. The smallest absolute Gasteiger partial charge is 0.326 e. The lowest BCUT2D eigenvalue weighted by Gasteiger charge is -2.28. The van der Waals surface area contributed by atoms with Crippen LogP contribution in [0.2, 0.25) is 0 Å². The summed E-state index contributed by atoms with van der Waals surface area (Å²) in [5.74, 6) is -2.58. The lowest BCUT2D eigenvalue weighted by atomic mass is 9.81. The number of nitrogens with two attached hydrogens (primary N) is 1. The number of ether oxygens (including phenoxy) is 4. The van der Waals surface area contributed by atoms with Gasteiger partial charge in [-0.1, -0.05) is 103 Å². The van der Waals surface area contributed by atoms with Crippen LogP contribution >= 0.6 is 0 Å². The molecule has 0 radical (unpaired) electrons. The molecular formula is C60H107N9O15. The highest BCUT2D eigenvalue weighted by molar-refractivity contribution is 5.85. The van der Waals surface area contributed by atoms with E-state index in [-0.39, 0.29) is 87.4 Å². The molecule has 482 valence electrons. The summed E-state index contributed by atoms with van der Waals surface area (Å²) in [6, 6.07) is -1.41. The van der Waals surface area contributed by atoms with E-state index in [1.165, 1.54) is 84.0 Å². The number of nitrogens with zero attached hydrogens (tertiary/aromatic N) is 1. The summed E-state index contributed by atoms with van der Waals surface area (Å²) in [4.78, 5) is 111. The number of unbranched alkanes of at least 4 members (excludes halogenated alkanes) is 16. The van der Waals surface area contributed by atoms with Gasteiger partial charge in [-0.3, -0.25) is 43.7 Å². The predicted octanol–water partition coefficient (Wildman–Crippen LogP) is 5.35. The number of rotatable bonds is 54. The number of carbonyl (C=O) groups is 9. The molecule has 24 nitrogen and oxygen atoms in total. The van der Waals surface area contributed by atoms with Crippen molar-refractivity contribution in [1.29, 1.82) is 0 Å². The monoisotopic (exact) mass is 1190 g/mol. The van der Waals surface area contributed by atoms with E-state index in [1.54, 1.807) is 12.5 Å². The topological polar surface area (TPSA) is 358 Å². The molecule has 0 saturated heterocycles. The second kappa shape index (κ2) is 53.0. The molecule has 0 bridgehead atoms. The Labute approximate surface area is 499 Å². The average molecular weight is 1190 g/mol. The molecule has 1 saturated carbocycles. The summed E-state index contributed by atoms with van der Waals surface area (Å²) in [5, 5.41) is 34.6. The highest BCUT2D eigenvalue weighted by Gasteiger charge is 2.29. The van der Waals surface area contributed by atoms with Crippen LogP contribution in [-0.2, 0) is 68.5 Å². The number of primary amides is 1. The highest BCUT2D eigenvalue weighted by atomic mass is 16.5. The van der Waals surface area contributed by atoms with E-state index in [0.717, 1.165) is 57.1 Å². The van der Waals surface area contributed by atoms with Crippen LogP contribution in [0.5, 0.6) is 0 Å². The number of amides is 6. The molecule has 0 aliphatic heterocycles. The SMILES string of the molecule is CC(=O)NCCOCCOCC(=O)NCCOCCOCC(=O)NCCCC[C@H](NCC(=O)CCc1cnc[nH]1)C(N)=O.CCCC(NC(=O)C1CCC(CNC(=O)CCCCCCCCCCCCCCCCCCC(=O)O)CC1)C(=O)O. The molecule has 2 atom stereocenters. The molecule has 1 aromatic heterocycles. The molecule has 24 heteroatoms. The van der Waals surface area contributed by atoms with Crippen molar-refractivity contribution in [2.45, 2.75) is 212 Å². The lowest BCUT2D eigenvalue weighted by molar-refractivity contribution is -0.143. The van der Waals surface area contributed by atoms with Crippen molar-refractivity contribution in [3.63, 3.8) is 0 Å². The standard InChI is InChI=1S/C33H60N2O6.C27H47N7O9/c1-2-19-29(33(40)41)35-32(39)28-24-22-27(23-25-28)26-34-30(36)20-17-15-13-11-9-7-5-3-4-6-8-10-12-14-16-18-21-31(37)38;1-21(35)30-8-10-40-12-14-43-19-26(38)32-9-11-41-13-15-42-18-25(37)31-7-3-2-4-24(27(28)39)33-17-23(36)6-5-22-16-29-20-34-22/h27-29H,2-26H2,1H3,(H,34,36)(H,35,39)(H,37,38)(H,40,41);16,20,24,33H,2-15,17-19H2,1H3,(H2,28,39)(H,29,34)(H,30,35)(H,31,37)(H,32,38)/t;24-/m.0/s1. The maximum atomic E-state index is 12.5. The van der Waals surface area contributed by atoms with Gasteiger partial charge >= 0.3 is 11.9 Å². The number of Topliss-reactive ketones (excluding diaryl/α,β-unsaturated/α-hetero) is 1. The summed E-state index contributed by atoms with van der Waals surface area (Å²) < 4.78 is 21.1. The van der Waals surface area contributed by atoms with E-state index < -0.39 is 29.9 Å². The fourth-order valence-corrected chi connectivity index (χ4v) is 9.35. The van der Waals surface area contributed by atoms with Gasteiger partial charge in [-0.2, -0.15) is 0 Å². The van der Waals surface area contributed by atoms with Gasteiger partial charge in [0.1, 0.15) is 25.0 Å². The van der Waals surface area contributed by atoms with E-state index in [2.05, 4.69) is 41.9 Å². The van der Waals surface area contributed by atoms with Gasteiger partial charge in [-0.15, -0.1) is 0 Å². The summed E-state index contributed by atoms with van der Waals surface area (Å²) >= 11 is 0. The molecule has 11 N–H and O–H groups in total. The first-order valence-electron chi connectivity index (χ1n) is 31.2. The van der Waals surface area contributed by atoms with Gasteiger partial charge in [-0.25, -0.2) is 9.78 Å². The van der Waals surface area contributed by atoms with Crippen molar-refractivity contribution in [2.75, 3.05) is 85.6 Å². The Morgan fingerprint density at radius 1 is 0.595 bits per heavy atom. The van der Waals surface area contributed by atoms with Crippen LogP contribution in [-0.4, -0.2) is 171 Å². The van der Waals surface area contributed by atoms with E-state index in [0.29, 0.717) is 103 Å². The van der Waals surface area contributed by atoms with Crippen molar-refractivity contribution < 1.29 is 72.3 Å². The summed E-state index contributed by atoms with van der Waals surface area (Å²) in [6.07, 6.45) is 30.5. The number of H-pyrrole nitrogens is 1. The van der Waals surface area contributed by atoms with Crippen LogP contribution in [0.25, 0.3) is 0 Å². The van der Waals surface area contributed by atoms with Crippen LogP contribution in [0, 0.1) is 11.8 Å². The molecule has 1 heterocycles. The maximum Gasteiger partial charge on any atom is 0.326 e. The van der Waals surface area contributed by atoms with Gasteiger partial charge < -0.3 is 66.5 Å². The summed E-state index contributed by atoms with van der Waals surface area (Å²) in [6.45, 7) is 6.76. The Hall–Kier alpha value is -5.56. The molecule has 1 aliphatic rings. The average Bonchev–Trinajstić information content (AvgIpc) is 4.14. The number of aliphatic carboxylic acids is 2. The van der Waals surface area contributed by atoms with E-state index in [1.807, 2.05) is 6.92 Å². The number of hydrogen-bond acceptors (Lipinski definition) is 15. The normalized spacial score (nSPS) is 14.5. The molecule has 1 unspecified atom stereocenters. The van der Waals surface area contributed by atoms with E-state index >= 15 is 0 Å². The van der Waals surface area contributed by atoms with Gasteiger partial charge in [0.25, 0.3) is 0 Å². The molecule has 2 rings (SSSR count). The Balaban J connectivity index is 0.000000841. The Morgan fingerprint density at radius 3 is 1.62 bits per heavy atom. The first kappa shape index (κ1) is 76.5. The van der Waals surface area contributed by atoms with Crippen molar-refractivity contribution in [1.82, 2.24) is 41.9 Å². The van der Waals surface area contributed by atoms with E-state index in [4.69, 9.17) is 29.8 Å². The number of carboxylic acids is 2. The van der Waals surface area contributed by atoms with Gasteiger partial charge in [-0.05, 0) is 76.5 Å². The molecule has 0 aromatic carbocycles. The minimum absolute atomic E-state index is 0.0255.